The standard InChI is InChI=1S/C24H32N4O2/c1-16-10-11-19(14-17(16)2)26-24(30)27-20-12-13-22(28(3)4)21(15-20)23(29)25-18-8-6-5-7-9-18/h10-15,18H,5-9H2,1-4H3,(H,25,29)(H2,26,27,30). The zero-order chi connectivity index (χ0) is 21.7. The van der Waals surface area contributed by atoms with Crippen LogP contribution in [0.4, 0.5) is 21.9 Å². The molecular weight excluding hydrogens is 376 g/mol. The van der Waals surface area contributed by atoms with Gasteiger partial charge in [-0.05, 0) is 68.1 Å². The largest absolute Gasteiger partial charge is 0.377 e. The quantitative estimate of drug-likeness (QED) is 0.646. The molecule has 1 aliphatic rings. The molecule has 2 aromatic carbocycles. The average molecular weight is 409 g/mol. The van der Waals surface area contributed by atoms with Gasteiger partial charge in [-0.25, -0.2) is 4.79 Å². The van der Waals surface area contributed by atoms with E-state index in [2.05, 4.69) is 16.0 Å². The first-order valence-electron chi connectivity index (χ1n) is 10.6. The van der Waals surface area contributed by atoms with E-state index in [4.69, 9.17) is 0 Å². The molecule has 2 aromatic rings. The van der Waals surface area contributed by atoms with E-state index < -0.39 is 0 Å². The predicted octanol–water partition coefficient (Wildman–Crippen LogP) is 5.08. The van der Waals surface area contributed by atoms with E-state index in [0.717, 1.165) is 42.6 Å². The summed E-state index contributed by atoms with van der Waals surface area (Å²) >= 11 is 0. The van der Waals surface area contributed by atoms with Crippen molar-refractivity contribution < 1.29 is 9.59 Å². The number of amides is 3. The van der Waals surface area contributed by atoms with Crippen LogP contribution in [0.25, 0.3) is 0 Å². The van der Waals surface area contributed by atoms with Crippen LogP contribution in [0.3, 0.4) is 0 Å². The minimum Gasteiger partial charge on any atom is -0.377 e. The van der Waals surface area contributed by atoms with Gasteiger partial charge in [0, 0.05) is 37.2 Å². The van der Waals surface area contributed by atoms with Gasteiger partial charge in [-0.1, -0.05) is 25.3 Å². The topological polar surface area (TPSA) is 73.5 Å². The molecule has 3 amide bonds. The molecule has 1 aliphatic carbocycles. The highest BCUT2D eigenvalue weighted by molar-refractivity contribution is 6.04. The molecule has 1 fully saturated rings. The normalized spacial score (nSPS) is 14.1. The number of hydrogen-bond acceptors (Lipinski definition) is 3. The maximum absolute atomic E-state index is 13.0. The molecule has 0 bridgehead atoms. The van der Waals surface area contributed by atoms with Crippen LogP contribution in [-0.4, -0.2) is 32.1 Å². The summed E-state index contributed by atoms with van der Waals surface area (Å²) in [6, 6.07) is 11.1. The molecule has 0 aliphatic heterocycles. The second-order valence-corrected chi connectivity index (χ2v) is 8.31. The van der Waals surface area contributed by atoms with Crippen LogP contribution in [0.1, 0.15) is 53.6 Å². The lowest BCUT2D eigenvalue weighted by molar-refractivity contribution is 0.0928. The highest BCUT2D eigenvalue weighted by atomic mass is 16.2. The molecule has 30 heavy (non-hydrogen) atoms. The second kappa shape index (κ2) is 9.65. The van der Waals surface area contributed by atoms with E-state index in [-0.39, 0.29) is 18.0 Å². The number of rotatable bonds is 5. The van der Waals surface area contributed by atoms with Crippen molar-refractivity contribution in [3.05, 3.63) is 53.1 Å². The van der Waals surface area contributed by atoms with E-state index in [1.54, 1.807) is 6.07 Å². The molecule has 160 valence electrons. The number of carbonyl (C=O) groups excluding carboxylic acids is 2. The second-order valence-electron chi connectivity index (χ2n) is 8.31. The van der Waals surface area contributed by atoms with Gasteiger partial charge in [-0.15, -0.1) is 0 Å². The molecule has 0 saturated heterocycles. The van der Waals surface area contributed by atoms with Crippen molar-refractivity contribution >= 4 is 29.0 Å². The number of hydrogen-bond donors (Lipinski definition) is 3. The van der Waals surface area contributed by atoms with Gasteiger partial charge in [-0.3, -0.25) is 4.79 Å². The Bertz CT molecular complexity index is 917. The first-order valence-corrected chi connectivity index (χ1v) is 10.6. The SMILES string of the molecule is Cc1ccc(NC(=O)Nc2ccc(N(C)C)c(C(=O)NC3CCCCC3)c2)cc1C. The van der Waals surface area contributed by atoms with Crippen LogP contribution in [-0.2, 0) is 0 Å². The van der Waals surface area contributed by atoms with Crippen molar-refractivity contribution in [2.45, 2.75) is 52.0 Å². The van der Waals surface area contributed by atoms with Crippen LogP contribution >= 0.6 is 0 Å². The first kappa shape index (κ1) is 21.7. The molecule has 0 atom stereocenters. The van der Waals surface area contributed by atoms with Gasteiger partial charge < -0.3 is 20.9 Å². The molecule has 6 nitrogen and oxygen atoms in total. The molecular formula is C24H32N4O2. The number of carbonyl (C=O) groups is 2. The van der Waals surface area contributed by atoms with Gasteiger partial charge in [0.25, 0.3) is 5.91 Å². The minimum absolute atomic E-state index is 0.0937. The number of nitrogens with one attached hydrogen (secondary N) is 3. The maximum atomic E-state index is 13.0. The number of urea groups is 1. The first-order chi connectivity index (χ1) is 14.3. The third-order valence-corrected chi connectivity index (χ3v) is 5.69. The fourth-order valence-corrected chi connectivity index (χ4v) is 3.81. The van der Waals surface area contributed by atoms with Crippen molar-refractivity contribution in [3.8, 4) is 0 Å². The highest BCUT2D eigenvalue weighted by Crippen LogP contribution is 2.25. The van der Waals surface area contributed by atoms with E-state index >= 15 is 0 Å². The fraction of sp³-hybridized carbons (Fsp3) is 0.417. The zero-order valence-corrected chi connectivity index (χ0v) is 18.3. The average Bonchev–Trinajstić information content (AvgIpc) is 2.71. The van der Waals surface area contributed by atoms with Crippen LogP contribution in [0.5, 0.6) is 0 Å². The van der Waals surface area contributed by atoms with Gasteiger partial charge in [-0.2, -0.15) is 0 Å². The summed E-state index contributed by atoms with van der Waals surface area (Å²) in [6.07, 6.45) is 5.61. The summed E-state index contributed by atoms with van der Waals surface area (Å²) in [7, 11) is 3.82. The van der Waals surface area contributed by atoms with Gasteiger partial charge in [0.2, 0.25) is 0 Å². The van der Waals surface area contributed by atoms with Crippen molar-refractivity contribution in [3.63, 3.8) is 0 Å². The predicted molar refractivity (Wildman–Crippen MR) is 124 cm³/mol. The van der Waals surface area contributed by atoms with Crippen LogP contribution in [0.2, 0.25) is 0 Å². The smallest absolute Gasteiger partial charge is 0.323 e. The summed E-state index contributed by atoms with van der Waals surface area (Å²) < 4.78 is 0. The van der Waals surface area contributed by atoms with Gasteiger partial charge in [0.1, 0.15) is 0 Å². The van der Waals surface area contributed by atoms with Gasteiger partial charge >= 0.3 is 6.03 Å². The molecule has 1 saturated carbocycles. The third kappa shape index (κ3) is 5.53. The summed E-state index contributed by atoms with van der Waals surface area (Å²) in [5.41, 5.74) is 4.99. The lowest BCUT2D eigenvalue weighted by atomic mass is 9.95. The molecule has 0 heterocycles. The van der Waals surface area contributed by atoms with Crippen LogP contribution in [0.15, 0.2) is 36.4 Å². The molecule has 6 heteroatoms. The molecule has 0 radical (unpaired) electrons. The van der Waals surface area contributed by atoms with Crippen molar-refractivity contribution in [2.75, 3.05) is 29.6 Å². The van der Waals surface area contributed by atoms with E-state index in [9.17, 15) is 9.59 Å². The number of anilines is 3. The van der Waals surface area contributed by atoms with E-state index in [0.29, 0.717) is 11.3 Å². The minimum atomic E-state index is -0.338. The maximum Gasteiger partial charge on any atom is 0.323 e. The third-order valence-electron chi connectivity index (χ3n) is 5.69. The zero-order valence-electron chi connectivity index (χ0n) is 18.3. The highest BCUT2D eigenvalue weighted by Gasteiger charge is 2.20. The Morgan fingerprint density at radius 1 is 0.867 bits per heavy atom. The number of benzene rings is 2. The van der Waals surface area contributed by atoms with Crippen LogP contribution < -0.4 is 20.9 Å². The molecule has 0 unspecified atom stereocenters. The lowest BCUT2D eigenvalue weighted by Gasteiger charge is -2.24. The lowest BCUT2D eigenvalue weighted by Crippen LogP contribution is -2.36. The molecule has 0 aromatic heterocycles. The Hall–Kier alpha value is -3.02. The fourth-order valence-electron chi connectivity index (χ4n) is 3.81. The van der Waals surface area contributed by atoms with Crippen molar-refractivity contribution in [1.29, 1.82) is 0 Å². The van der Waals surface area contributed by atoms with Crippen LogP contribution in [0, 0.1) is 13.8 Å². The number of aryl methyl sites for hydroxylation is 2. The van der Waals surface area contributed by atoms with Gasteiger partial charge in [0.15, 0.2) is 0 Å². The van der Waals surface area contributed by atoms with Gasteiger partial charge in [0.05, 0.1) is 5.56 Å². The van der Waals surface area contributed by atoms with Crippen molar-refractivity contribution in [2.24, 2.45) is 0 Å². The molecule has 3 N–H and O–H groups in total. The number of nitrogens with zero attached hydrogens (tertiary/aromatic N) is 1. The van der Waals surface area contributed by atoms with E-state index in [1.807, 2.05) is 63.2 Å². The molecule has 0 spiro atoms. The Labute approximate surface area is 179 Å². The van der Waals surface area contributed by atoms with Crippen molar-refractivity contribution in [1.82, 2.24) is 5.32 Å². The Kier molecular flexibility index (Phi) is 6.98. The van der Waals surface area contributed by atoms with E-state index in [1.165, 1.54) is 12.0 Å². The Balaban J connectivity index is 1.73. The Morgan fingerprint density at radius 2 is 1.50 bits per heavy atom. The Morgan fingerprint density at radius 3 is 2.13 bits per heavy atom. The monoisotopic (exact) mass is 408 g/mol. The summed E-state index contributed by atoms with van der Waals surface area (Å²) in [4.78, 5) is 27.3. The summed E-state index contributed by atoms with van der Waals surface area (Å²) in [5.74, 6) is -0.0937. The summed E-state index contributed by atoms with van der Waals surface area (Å²) in [6.45, 7) is 4.04. The molecule has 3 rings (SSSR count). The summed E-state index contributed by atoms with van der Waals surface area (Å²) in [5, 5.41) is 8.86.